The average molecular weight is 342 g/mol. The number of sulfone groups is 1. The summed E-state index contributed by atoms with van der Waals surface area (Å²) in [5.74, 6) is -0.417. The smallest absolute Gasteiger partial charge is 0.192 e. The van der Waals surface area contributed by atoms with Gasteiger partial charge in [0.25, 0.3) is 0 Å². The zero-order valence-corrected chi connectivity index (χ0v) is 15.0. The largest absolute Gasteiger partial charge is 0.292 e. The number of carbonyl (C=O) groups is 1. The molecule has 0 aromatic heterocycles. The van der Waals surface area contributed by atoms with Gasteiger partial charge in [-0.3, -0.25) is 4.79 Å². The fraction of sp³-hybridized carbons (Fsp3) is 0.250. The molecule has 0 amide bonds. The number of rotatable bonds is 5. The third kappa shape index (κ3) is 4.42. The Morgan fingerprint density at radius 2 is 1.42 bits per heavy atom. The van der Waals surface area contributed by atoms with Crippen molar-refractivity contribution >= 4 is 15.6 Å². The molecule has 0 saturated heterocycles. The van der Waals surface area contributed by atoms with E-state index < -0.39 is 20.9 Å². The Bertz CT molecular complexity index is 814. The third-order valence-corrected chi connectivity index (χ3v) is 5.46. The van der Waals surface area contributed by atoms with Crippen LogP contribution in [0.1, 0.15) is 31.1 Å². The summed E-state index contributed by atoms with van der Waals surface area (Å²) in [6.07, 6.45) is 3.29. The molecule has 0 heterocycles. The highest BCUT2D eigenvalue weighted by Gasteiger charge is 2.32. The van der Waals surface area contributed by atoms with E-state index in [-0.39, 0.29) is 10.3 Å². The highest BCUT2D eigenvalue weighted by molar-refractivity contribution is 7.93. The Morgan fingerprint density at radius 3 is 1.92 bits per heavy atom. The number of allylic oxidation sites excluding steroid dienone is 1. The van der Waals surface area contributed by atoms with E-state index in [4.69, 9.17) is 0 Å². The van der Waals surface area contributed by atoms with E-state index >= 15 is 0 Å². The van der Waals surface area contributed by atoms with Gasteiger partial charge in [0.1, 0.15) is 5.25 Å². The molecule has 0 spiro atoms. The third-order valence-electron chi connectivity index (χ3n) is 3.49. The van der Waals surface area contributed by atoms with Crippen molar-refractivity contribution < 1.29 is 13.2 Å². The molecule has 0 aliphatic heterocycles. The molecule has 0 bridgehead atoms. The summed E-state index contributed by atoms with van der Waals surface area (Å²) in [6.45, 7) is 5.88. The second kappa shape index (κ2) is 7.14. The van der Waals surface area contributed by atoms with E-state index in [0.717, 1.165) is 0 Å². The van der Waals surface area contributed by atoms with Crippen LogP contribution in [0.25, 0.3) is 0 Å². The lowest BCUT2D eigenvalue weighted by atomic mass is 9.95. The minimum Gasteiger partial charge on any atom is -0.292 e. The fourth-order valence-electron chi connectivity index (χ4n) is 2.23. The molecule has 24 heavy (non-hydrogen) atoms. The summed E-state index contributed by atoms with van der Waals surface area (Å²) >= 11 is 0. The van der Waals surface area contributed by atoms with Gasteiger partial charge in [-0.05, 0) is 17.5 Å². The highest BCUT2D eigenvalue weighted by Crippen LogP contribution is 2.23. The minimum absolute atomic E-state index is 0.151. The van der Waals surface area contributed by atoms with E-state index in [0.29, 0.717) is 5.56 Å². The van der Waals surface area contributed by atoms with E-state index in [9.17, 15) is 13.2 Å². The Hall–Kier alpha value is -2.20. The molecule has 4 heteroatoms. The van der Waals surface area contributed by atoms with Gasteiger partial charge in [-0.2, -0.15) is 0 Å². The molecule has 0 radical (unpaired) electrons. The molecule has 126 valence electrons. The molecule has 2 rings (SSSR count). The molecule has 0 aliphatic rings. The highest BCUT2D eigenvalue weighted by atomic mass is 32.2. The Morgan fingerprint density at radius 1 is 0.917 bits per heavy atom. The first-order chi connectivity index (χ1) is 11.2. The predicted octanol–water partition coefficient (Wildman–Crippen LogP) is 4.31. The van der Waals surface area contributed by atoms with Gasteiger partial charge in [-0.15, -0.1) is 0 Å². The molecule has 1 unspecified atom stereocenters. The monoisotopic (exact) mass is 342 g/mol. The van der Waals surface area contributed by atoms with Crippen LogP contribution in [0.5, 0.6) is 0 Å². The van der Waals surface area contributed by atoms with Gasteiger partial charge in [-0.1, -0.05) is 81.5 Å². The Balaban J connectivity index is 2.52. The minimum atomic E-state index is -3.81. The van der Waals surface area contributed by atoms with Crippen LogP contribution in [0.3, 0.4) is 0 Å². The van der Waals surface area contributed by atoms with Crippen molar-refractivity contribution in [2.45, 2.75) is 30.9 Å². The van der Waals surface area contributed by atoms with Crippen LogP contribution < -0.4 is 0 Å². The maximum atomic E-state index is 13.0. The maximum absolute atomic E-state index is 13.0. The first kappa shape index (κ1) is 18.1. The number of hydrogen-bond acceptors (Lipinski definition) is 3. The summed E-state index contributed by atoms with van der Waals surface area (Å²) in [6, 6.07) is 16.6. The molecule has 2 aromatic rings. The van der Waals surface area contributed by atoms with Crippen molar-refractivity contribution in [2.75, 3.05) is 0 Å². The van der Waals surface area contributed by atoms with Crippen LogP contribution in [0.2, 0.25) is 0 Å². The topological polar surface area (TPSA) is 51.2 Å². The van der Waals surface area contributed by atoms with E-state index in [2.05, 4.69) is 0 Å². The molecule has 1 atom stereocenters. The Labute approximate surface area is 144 Å². The van der Waals surface area contributed by atoms with Gasteiger partial charge in [0.15, 0.2) is 15.6 Å². The molecule has 0 N–H and O–H groups in total. The summed E-state index contributed by atoms with van der Waals surface area (Å²) in [7, 11) is -3.81. The fourth-order valence-corrected chi connectivity index (χ4v) is 3.76. The number of benzene rings is 2. The average Bonchev–Trinajstić information content (AvgIpc) is 2.55. The van der Waals surface area contributed by atoms with Crippen LogP contribution in [-0.4, -0.2) is 19.5 Å². The van der Waals surface area contributed by atoms with Crippen LogP contribution in [0, 0.1) is 5.41 Å². The number of hydrogen-bond donors (Lipinski definition) is 0. The van der Waals surface area contributed by atoms with E-state index in [1.54, 1.807) is 54.6 Å². The molecular weight excluding hydrogens is 320 g/mol. The molecule has 2 aromatic carbocycles. The maximum Gasteiger partial charge on any atom is 0.192 e. The van der Waals surface area contributed by atoms with Crippen LogP contribution in [-0.2, 0) is 9.84 Å². The van der Waals surface area contributed by atoms with Crippen molar-refractivity contribution in [3.8, 4) is 0 Å². The second-order valence-corrected chi connectivity index (χ2v) is 8.80. The summed E-state index contributed by atoms with van der Waals surface area (Å²) in [4.78, 5) is 13.0. The van der Waals surface area contributed by atoms with Crippen molar-refractivity contribution in [1.29, 1.82) is 0 Å². The number of Topliss-reactive ketones (excluding diaryl/α,β-unsaturated/α-hetero) is 1. The number of ketones is 1. The molecular formula is C20H22O3S. The molecule has 0 saturated carbocycles. The van der Waals surface area contributed by atoms with Gasteiger partial charge >= 0.3 is 0 Å². The van der Waals surface area contributed by atoms with Gasteiger partial charge in [0.2, 0.25) is 0 Å². The summed E-state index contributed by atoms with van der Waals surface area (Å²) in [5, 5.41) is -1.23. The SMILES string of the molecule is CC(C)(C)/C=C/C(C(=O)c1ccccc1)S(=O)(=O)c1ccccc1. The van der Waals surface area contributed by atoms with Crippen LogP contribution in [0.4, 0.5) is 0 Å². The zero-order valence-electron chi connectivity index (χ0n) is 14.1. The van der Waals surface area contributed by atoms with Crippen molar-refractivity contribution in [1.82, 2.24) is 0 Å². The normalized spacial score (nSPS) is 13.8. The molecule has 3 nitrogen and oxygen atoms in total. The van der Waals surface area contributed by atoms with E-state index in [1.807, 2.05) is 20.8 Å². The predicted molar refractivity (Wildman–Crippen MR) is 96.8 cm³/mol. The first-order valence-corrected chi connectivity index (χ1v) is 9.34. The lowest BCUT2D eigenvalue weighted by molar-refractivity contribution is 0.0998. The second-order valence-electron chi connectivity index (χ2n) is 6.73. The first-order valence-electron chi connectivity index (χ1n) is 7.79. The van der Waals surface area contributed by atoms with Gasteiger partial charge < -0.3 is 0 Å². The van der Waals surface area contributed by atoms with Gasteiger partial charge in [-0.25, -0.2) is 8.42 Å². The summed E-state index contributed by atoms with van der Waals surface area (Å²) < 4.78 is 26.0. The summed E-state index contributed by atoms with van der Waals surface area (Å²) in [5.41, 5.74) is 0.169. The van der Waals surface area contributed by atoms with Crippen LogP contribution >= 0.6 is 0 Å². The van der Waals surface area contributed by atoms with Gasteiger partial charge in [0.05, 0.1) is 4.90 Å². The van der Waals surface area contributed by atoms with Crippen molar-refractivity contribution in [3.05, 3.63) is 78.4 Å². The standard InChI is InChI=1S/C20H22O3S/c1-20(2,3)15-14-18(19(21)16-10-6-4-7-11-16)24(22,23)17-12-8-5-9-13-17/h4-15,18H,1-3H3/b15-14+. The van der Waals surface area contributed by atoms with E-state index in [1.165, 1.54) is 18.2 Å². The van der Waals surface area contributed by atoms with Crippen LogP contribution in [0.15, 0.2) is 77.7 Å². The quantitative estimate of drug-likeness (QED) is 0.601. The lowest BCUT2D eigenvalue weighted by Gasteiger charge is -2.17. The lowest BCUT2D eigenvalue weighted by Crippen LogP contribution is -2.29. The van der Waals surface area contributed by atoms with Crippen molar-refractivity contribution in [3.63, 3.8) is 0 Å². The molecule has 0 fully saturated rings. The van der Waals surface area contributed by atoms with Crippen molar-refractivity contribution in [2.24, 2.45) is 5.41 Å². The molecule has 0 aliphatic carbocycles. The zero-order chi connectivity index (χ0) is 17.8. The van der Waals surface area contributed by atoms with Gasteiger partial charge in [0, 0.05) is 5.56 Å². The Kier molecular flexibility index (Phi) is 5.40. The number of carbonyl (C=O) groups excluding carboxylic acids is 1.